The van der Waals surface area contributed by atoms with Crippen molar-refractivity contribution in [1.82, 2.24) is 0 Å². The number of benzene rings is 2. The highest BCUT2D eigenvalue weighted by Crippen LogP contribution is 2.19. The van der Waals surface area contributed by atoms with Gasteiger partial charge < -0.3 is 9.47 Å². The molecule has 3 nitrogen and oxygen atoms in total. The van der Waals surface area contributed by atoms with Crippen molar-refractivity contribution < 1.29 is 14.3 Å². The summed E-state index contributed by atoms with van der Waals surface area (Å²) in [5.74, 6) is 0.408. The first-order valence-corrected chi connectivity index (χ1v) is 7.17. The zero-order valence-electron chi connectivity index (χ0n) is 12.5. The molecule has 0 atom stereocenters. The minimum absolute atomic E-state index is 0.349. The fourth-order valence-electron chi connectivity index (χ4n) is 2.08. The van der Waals surface area contributed by atoms with Crippen molar-refractivity contribution in [2.75, 3.05) is 14.2 Å². The first-order chi connectivity index (χ1) is 10.6. The van der Waals surface area contributed by atoms with Gasteiger partial charge in [-0.15, -0.1) is 0 Å². The van der Waals surface area contributed by atoms with Gasteiger partial charge in [0.1, 0.15) is 5.75 Å². The van der Waals surface area contributed by atoms with Gasteiger partial charge in [-0.3, -0.25) is 0 Å². The van der Waals surface area contributed by atoms with Crippen LogP contribution in [0.4, 0.5) is 0 Å². The van der Waals surface area contributed by atoms with Gasteiger partial charge in [-0.1, -0.05) is 35.9 Å². The molecule has 114 valence electrons. The van der Waals surface area contributed by atoms with E-state index in [2.05, 4.69) is 0 Å². The summed E-state index contributed by atoms with van der Waals surface area (Å²) < 4.78 is 10.1. The Balaban J connectivity index is 2.29. The maximum absolute atomic E-state index is 12.0. The van der Waals surface area contributed by atoms with Crippen LogP contribution in [0.5, 0.6) is 5.75 Å². The number of methoxy groups -OCH3 is 2. The number of esters is 1. The minimum Gasteiger partial charge on any atom is -0.497 e. The first kappa shape index (κ1) is 16.1. The van der Waals surface area contributed by atoms with Crippen molar-refractivity contribution in [1.29, 1.82) is 0 Å². The molecule has 0 N–H and O–H groups in total. The second-order valence-corrected chi connectivity index (χ2v) is 5.18. The molecule has 0 saturated carbocycles. The number of halogens is 1. The maximum atomic E-state index is 12.0. The summed E-state index contributed by atoms with van der Waals surface area (Å²) in [5.41, 5.74) is 2.44. The highest BCUT2D eigenvalue weighted by atomic mass is 35.5. The van der Waals surface area contributed by atoms with Gasteiger partial charge in [0, 0.05) is 17.0 Å². The summed E-state index contributed by atoms with van der Waals surface area (Å²) in [4.78, 5) is 12.0. The van der Waals surface area contributed by atoms with E-state index < -0.39 is 0 Å². The van der Waals surface area contributed by atoms with Crippen molar-refractivity contribution in [3.05, 3.63) is 70.3 Å². The normalized spacial score (nSPS) is 11.1. The predicted molar refractivity (Wildman–Crippen MR) is 88.1 cm³/mol. The Morgan fingerprint density at radius 3 is 2.50 bits per heavy atom. The lowest BCUT2D eigenvalue weighted by molar-refractivity contribution is -0.136. The molecule has 0 aliphatic rings. The molecule has 2 aromatic carbocycles. The number of hydrogen-bond donors (Lipinski definition) is 0. The lowest BCUT2D eigenvalue weighted by Crippen LogP contribution is -2.07. The molecule has 0 aliphatic heterocycles. The van der Waals surface area contributed by atoms with Crippen molar-refractivity contribution in [3.8, 4) is 5.75 Å². The zero-order valence-corrected chi connectivity index (χ0v) is 13.3. The molecular formula is C18H17ClO3. The fourth-order valence-corrected chi connectivity index (χ4v) is 2.20. The van der Waals surface area contributed by atoms with Gasteiger partial charge >= 0.3 is 5.97 Å². The van der Waals surface area contributed by atoms with Crippen LogP contribution in [0, 0.1) is 0 Å². The zero-order chi connectivity index (χ0) is 15.9. The van der Waals surface area contributed by atoms with Gasteiger partial charge in [-0.05, 0) is 41.5 Å². The van der Waals surface area contributed by atoms with Gasteiger partial charge in [0.15, 0.2) is 0 Å². The Bertz CT molecular complexity index is 675. The Hall–Kier alpha value is -2.26. The molecule has 4 heteroatoms. The Morgan fingerprint density at radius 1 is 1.14 bits per heavy atom. The van der Waals surface area contributed by atoms with E-state index in [4.69, 9.17) is 21.1 Å². The SMILES string of the molecule is COC(=O)/C(=C/c1ccc(Cl)cc1)Cc1cccc(OC)c1. The third kappa shape index (κ3) is 4.37. The third-order valence-corrected chi connectivity index (χ3v) is 3.44. The van der Waals surface area contributed by atoms with E-state index in [1.807, 2.05) is 42.5 Å². The van der Waals surface area contributed by atoms with Crippen molar-refractivity contribution >= 4 is 23.6 Å². The smallest absolute Gasteiger partial charge is 0.334 e. The molecule has 0 spiro atoms. The van der Waals surface area contributed by atoms with E-state index in [1.54, 1.807) is 19.2 Å². The van der Waals surface area contributed by atoms with E-state index in [1.165, 1.54) is 7.11 Å². The summed E-state index contributed by atoms with van der Waals surface area (Å²) in [7, 11) is 2.99. The van der Waals surface area contributed by atoms with Gasteiger partial charge in [-0.25, -0.2) is 4.79 Å². The monoisotopic (exact) mass is 316 g/mol. The second kappa shape index (κ2) is 7.66. The average molecular weight is 317 g/mol. The quantitative estimate of drug-likeness (QED) is 0.614. The van der Waals surface area contributed by atoms with Gasteiger partial charge in [0.25, 0.3) is 0 Å². The van der Waals surface area contributed by atoms with Gasteiger partial charge in [-0.2, -0.15) is 0 Å². The molecule has 2 rings (SSSR count). The number of rotatable bonds is 5. The summed E-state index contributed by atoms with van der Waals surface area (Å²) in [5, 5.41) is 0.657. The van der Waals surface area contributed by atoms with Crippen LogP contribution in [-0.2, 0) is 16.0 Å². The number of ether oxygens (including phenoxy) is 2. The standard InChI is InChI=1S/C18H17ClO3/c1-21-17-5-3-4-14(12-17)11-15(18(20)22-2)10-13-6-8-16(19)9-7-13/h3-10,12H,11H2,1-2H3/b15-10+. The summed E-state index contributed by atoms with van der Waals surface area (Å²) in [6, 6.07) is 14.9. The molecular weight excluding hydrogens is 300 g/mol. The Labute approximate surface area is 135 Å². The van der Waals surface area contributed by atoms with Gasteiger partial charge in [0.2, 0.25) is 0 Å². The molecule has 0 heterocycles. The Kier molecular flexibility index (Phi) is 5.61. The number of carbonyl (C=O) groups is 1. The molecule has 0 fully saturated rings. The largest absolute Gasteiger partial charge is 0.497 e. The van der Waals surface area contributed by atoms with Crippen LogP contribution in [0.25, 0.3) is 6.08 Å². The van der Waals surface area contributed by atoms with Crippen LogP contribution >= 0.6 is 11.6 Å². The molecule has 0 saturated heterocycles. The lowest BCUT2D eigenvalue weighted by Gasteiger charge is -2.08. The molecule has 0 unspecified atom stereocenters. The van der Waals surface area contributed by atoms with E-state index in [0.717, 1.165) is 16.9 Å². The minimum atomic E-state index is -0.349. The van der Waals surface area contributed by atoms with E-state index in [9.17, 15) is 4.79 Å². The van der Waals surface area contributed by atoms with Crippen LogP contribution in [0.2, 0.25) is 5.02 Å². The van der Waals surface area contributed by atoms with Crippen LogP contribution in [-0.4, -0.2) is 20.2 Å². The summed E-state index contributed by atoms with van der Waals surface area (Å²) >= 11 is 5.87. The first-order valence-electron chi connectivity index (χ1n) is 6.80. The molecule has 0 aliphatic carbocycles. The average Bonchev–Trinajstić information content (AvgIpc) is 2.55. The van der Waals surface area contributed by atoms with Crippen LogP contribution in [0.15, 0.2) is 54.1 Å². The topological polar surface area (TPSA) is 35.5 Å². The highest BCUT2D eigenvalue weighted by molar-refractivity contribution is 6.30. The fraction of sp³-hybridized carbons (Fsp3) is 0.167. The summed E-state index contributed by atoms with van der Waals surface area (Å²) in [6.07, 6.45) is 2.27. The van der Waals surface area contributed by atoms with Crippen molar-refractivity contribution in [2.24, 2.45) is 0 Å². The van der Waals surface area contributed by atoms with Crippen LogP contribution in [0.3, 0.4) is 0 Å². The van der Waals surface area contributed by atoms with Crippen LogP contribution in [0.1, 0.15) is 11.1 Å². The molecule has 22 heavy (non-hydrogen) atoms. The van der Waals surface area contributed by atoms with E-state index >= 15 is 0 Å². The van der Waals surface area contributed by atoms with Crippen molar-refractivity contribution in [2.45, 2.75) is 6.42 Å². The van der Waals surface area contributed by atoms with Crippen LogP contribution < -0.4 is 4.74 Å². The molecule has 0 bridgehead atoms. The maximum Gasteiger partial charge on any atom is 0.334 e. The summed E-state index contributed by atoms with van der Waals surface area (Å²) in [6.45, 7) is 0. The third-order valence-electron chi connectivity index (χ3n) is 3.19. The van der Waals surface area contributed by atoms with Crippen molar-refractivity contribution in [3.63, 3.8) is 0 Å². The van der Waals surface area contributed by atoms with Gasteiger partial charge in [0.05, 0.1) is 14.2 Å². The number of hydrogen-bond acceptors (Lipinski definition) is 3. The second-order valence-electron chi connectivity index (χ2n) is 4.74. The number of carbonyl (C=O) groups excluding carboxylic acids is 1. The molecule has 0 amide bonds. The highest BCUT2D eigenvalue weighted by Gasteiger charge is 2.11. The van der Waals surface area contributed by atoms with E-state index in [0.29, 0.717) is 17.0 Å². The van der Waals surface area contributed by atoms with E-state index in [-0.39, 0.29) is 5.97 Å². The molecule has 2 aromatic rings. The lowest BCUT2D eigenvalue weighted by atomic mass is 10.0. The molecule has 0 aromatic heterocycles. The Morgan fingerprint density at radius 2 is 1.86 bits per heavy atom. The predicted octanol–water partition coefficient (Wildman–Crippen LogP) is 4.15. The molecule has 0 radical (unpaired) electrons.